The van der Waals surface area contributed by atoms with E-state index in [2.05, 4.69) is 26.9 Å². The molecule has 0 radical (unpaired) electrons. The van der Waals surface area contributed by atoms with Gasteiger partial charge in [0.2, 0.25) is 0 Å². The maximum Gasteiger partial charge on any atom is 0.573 e. The molecule has 3 aromatic rings. The van der Waals surface area contributed by atoms with Crippen LogP contribution in [0.15, 0.2) is 12.1 Å². The molecular weight excluding hydrogens is 703 g/mol. The number of amides is 2. The fourth-order valence-corrected chi connectivity index (χ4v) is 7.44. The van der Waals surface area contributed by atoms with E-state index < -0.39 is 65.0 Å². The zero-order valence-electron chi connectivity index (χ0n) is 30.2. The highest BCUT2D eigenvalue weighted by molar-refractivity contribution is 5.95. The number of piperidine rings is 1. The van der Waals surface area contributed by atoms with Crippen LogP contribution in [-0.4, -0.2) is 69.0 Å². The number of ether oxygens (including phenoxy) is 3. The largest absolute Gasteiger partial charge is 0.573 e. The SMILES string of the molecule is CC(C)(C)OC(=O)Nc1cc(F)c(OC(F)(F)F)c(-c2nc(C3CC3)c3c(C4C5CN(C(=O)OC(C)(C)C)CC54)c(C#CCO)n(C4CC4)c3c2F)c1. The van der Waals surface area contributed by atoms with Crippen molar-refractivity contribution in [1.82, 2.24) is 14.5 Å². The molecular formula is C38H41F5N4O6. The molecule has 1 aliphatic heterocycles. The summed E-state index contributed by atoms with van der Waals surface area (Å²) in [5.74, 6) is 1.70. The summed E-state index contributed by atoms with van der Waals surface area (Å²) < 4.78 is 91.0. The predicted molar refractivity (Wildman–Crippen MR) is 183 cm³/mol. The van der Waals surface area contributed by atoms with Crippen molar-refractivity contribution in [3.63, 3.8) is 0 Å². The third kappa shape index (κ3) is 7.47. The van der Waals surface area contributed by atoms with Crippen LogP contribution in [0.4, 0.5) is 37.2 Å². The minimum atomic E-state index is -5.35. The van der Waals surface area contributed by atoms with E-state index in [1.54, 1.807) is 51.0 Å². The van der Waals surface area contributed by atoms with Crippen LogP contribution in [0, 0.1) is 35.3 Å². The molecule has 0 spiro atoms. The maximum atomic E-state index is 17.4. The minimum Gasteiger partial charge on any atom is -0.444 e. The molecule has 15 heteroatoms. The van der Waals surface area contributed by atoms with Gasteiger partial charge in [0.05, 0.1) is 22.5 Å². The van der Waals surface area contributed by atoms with Gasteiger partial charge in [0.1, 0.15) is 23.5 Å². The fourth-order valence-electron chi connectivity index (χ4n) is 7.44. The summed E-state index contributed by atoms with van der Waals surface area (Å²) in [5, 5.41) is 12.6. The molecule has 1 saturated heterocycles. The number of hydrogen-bond donors (Lipinski definition) is 2. The molecule has 2 amide bonds. The van der Waals surface area contributed by atoms with Crippen LogP contribution in [-0.2, 0) is 9.47 Å². The lowest BCUT2D eigenvalue weighted by atomic mass is 9.98. The number of halogens is 5. The van der Waals surface area contributed by atoms with Crippen molar-refractivity contribution in [2.24, 2.45) is 11.8 Å². The normalized spacial score (nSPS) is 21.2. The average Bonchev–Trinajstić information content (AvgIpc) is 3.97. The first-order valence-corrected chi connectivity index (χ1v) is 17.7. The van der Waals surface area contributed by atoms with Gasteiger partial charge in [-0.2, -0.15) is 0 Å². The lowest BCUT2D eigenvalue weighted by molar-refractivity contribution is -0.275. The first-order valence-electron chi connectivity index (χ1n) is 17.7. The number of nitrogens with zero attached hydrogens (tertiary/aromatic N) is 3. The second-order valence-corrected chi connectivity index (χ2v) is 16.2. The van der Waals surface area contributed by atoms with Crippen LogP contribution in [0.25, 0.3) is 22.2 Å². The van der Waals surface area contributed by atoms with Gasteiger partial charge in [0.15, 0.2) is 17.4 Å². The molecule has 3 saturated carbocycles. The van der Waals surface area contributed by atoms with Gasteiger partial charge in [-0.1, -0.05) is 5.92 Å². The van der Waals surface area contributed by atoms with Crippen LogP contribution < -0.4 is 10.1 Å². The highest BCUT2D eigenvalue weighted by atomic mass is 19.4. The fraction of sp³-hybridized carbons (Fsp3) is 0.553. The second kappa shape index (κ2) is 12.8. The lowest BCUT2D eigenvalue weighted by Gasteiger charge is -2.26. The van der Waals surface area contributed by atoms with Gasteiger partial charge < -0.3 is 28.8 Å². The van der Waals surface area contributed by atoms with Gasteiger partial charge >= 0.3 is 18.5 Å². The molecule has 284 valence electrons. The predicted octanol–water partition coefficient (Wildman–Crippen LogP) is 8.36. The lowest BCUT2D eigenvalue weighted by Crippen LogP contribution is -2.36. The van der Waals surface area contributed by atoms with E-state index in [4.69, 9.17) is 9.47 Å². The van der Waals surface area contributed by atoms with Gasteiger partial charge in [0.25, 0.3) is 0 Å². The third-order valence-corrected chi connectivity index (χ3v) is 9.65. The molecule has 2 aromatic heterocycles. The molecule has 2 unspecified atom stereocenters. The van der Waals surface area contributed by atoms with Gasteiger partial charge in [-0.3, -0.25) is 5.32 Å². The minimum absolute atomic E-state index is 0.0155. The summed E-state index contributed by atoms with van der Waals surface area (Å²) in [6.45, 7) is 10.5. The standard InChI is InChI=1S/C38H41F5N4O6/c1-36(2,3)52-34(49)44-19-14-21(33(24(39)15-19)51-38(41,42)43)31-29(40)32-28(30(45-31)18-9-10-18)27(25(8-7-13-48)47(32)20-11-12-20)26-22-16-46(17-23(22)26)35(50)53-37(4,5)6/h14-15,18,20,22-23,26,48H,9-13,16-17H2,1-6H3,(H,44,49). The Kier molecular flexibility index (Phi) is 8.86. The van der Waals surface area contributed by atoms with Crippen LogP contribution in [0.5, 0.6) is 5.75 Å². The number of anilines is 1. The van der Waals surface area contributed by atoms with Crippen LogP contribution in [0.1, 0.15) is 102 Å². The number of pyridine rings is 1. The molecule has 3 heterocycles. The average molecular weight is 745 g/mol. The molecule has 2 atom stereocenters. The Balaban J connectivity index is 1.41. The molecule has 7 rings (SSSR count). The molecule has 4 fully saturated rings. The number of aliphatic hydroxyl groups is 1. The number of fused-ring (bicyclic) bond motifs is 2. The Bertz CT molecular complexity index is 2050. The number of rotatable bonds is 6. The number of aromatic nitrogens is 2. The first kappa shape index (κ1) is 36.8. The van der Waals surface area contributed by atoms with E-state index in [1.807, 2.05) is 0 Å². The van der Waals surface area contributed by atoms with E-state index in [1.165, 1.54) is 0 Å². The van der Waals surface area contributed by atoms with Crippen molar-refractivity contribution < 1.29 is 50.9 Å². The summed E-state index contributed by atoms with van der Waals surface area (Å²) in [7, 11) is 0. The number of benzene rings is 1. The van der Waals surface area contributed by atoms with Crippen LogP contribution in [0.3, 0.4) is 0 Å². The zero-order chi connectivity index (χ0) is 38.4. The molecule has 53 heavy (non-hydrogen) atoms. The number of carbonyl (C=O) groups excluding carboxylic acids is 2. The number of likely N-dealkylation sites (tertiary alicyclic amines) is 1. The summed E-state index contributed by atoms with van der Waals surface area (Å²) in [4.78, 5) is 31.8. The van der Waals surface area contributed by atoms with Crippen molar-refractivity contribution in [2.45, 2.75) is 103 Å². The van der Waals surface area contributed by atoms with Gasteiger partial charge in [-0.15, -0.1) is 13.2 Å². The second-order valence-electron chi connectivity index (χ2n) is 16.2. The summed E-state index contributed by atoms with van der Waals surface area (Å²) in [5.41, 5.74) is -1.41. The van der Waals surface area contributed by atoms with E-state index in [0.29, 0.717) is 61.6 Å². The van der Waals surface area contributed by atoms with Crippen molar-refractivity contribution in [1.29, 1.82) is 0 Å². The number of carbonyl (C=O) groups is 2. The highest BCUT2D eigenvalue weighted by Gasteiger charge is 2.60. The van der Waals surface area contributed by atoms with Crippen LogP contribution >= 0.6 is 0 Å². The Morgan fingerprint density at radius 1 is 0.981 bits per heavy atom. The monoisotopic (exact) mass is 744 g/mol. The van der Waals surface area contributed by atoms with Gasteiger partial charge in [0, 0.05) is 42.2 Å². The molecule has 0 bridgehead atoms. The van der Waals surface area contributed by atoms with Crippen molar-refractivity contribution in [3.8, 4) is 28.8 Å². The quantitative estimate of drug-likeness (QED) is 0.193. The molecule has 2 N–H and O–H groups in total. The molecule has 1 aromatic carbocycles. The smallest absolute Gasteiger partial charge is 0.444 e. The Morgan fingerprint density at radius 2 is 1.62 bits per heavy atom. The van der Waals surface area contributed by atoms with E-state index in [9.17, 15) is 27.9 Å². The number of hydrogen-bond acceptors (Lipinski definition) is 7. The first-order chi connectivity index (χ1) is 24.7. The zero-order valence-corrected chi connectivity index (χ0v) is 30.2. The van der Waals surface area contributed by atoms with Crippen LogP contribution in [0.2, 0.25) is 0 Å². The van der Waals surface area contributed by atoms with Gasteiger partial charge in [-0.25, -0.2) is 23.4 Å². The van der Waals surface area contributed by atoms with Crippen molar-refractivity contribution >= 4 is 28.8 Å². The Morgan fingerprint density at radius 3 is 2.17 bits per heavy atom. The number of aliphatic hydroxyl groups excluding tert-OH is 1. The topological polar surface area (TPSA) is 115 Å². The third-order valence-electron chi connectivity index (χ3n) is 9.65. The molecule has 3 aliphatic carbocycles. The highest BCUT2D eigenvalue weighted by Crippen LogP contribution is 2.63. The molecule has 10 nitrogen and oxygen atoms in total. The number of alkyl halides is 3. The maximum absolute atomic E-state index is 17.4. The van der Waals surface area contributed by atoms with E-state index in [-0.39, 0.29) is 40.9 Å². The Hall–Kier alpha value is -4.58. The summed E-state index contributed by atoms with van der Waals surface area (Å²) >= 11 is 0. The Labute approximate surface area is 303 Å². The molecule has 4 aliphatic rings. The van der Waals surface area contributed by atoms with Gasteiger partial charge in [-0.05, 0) is 103 Å². The van der Waals surface area contributed by atoms with Crippen molar-refractivity contribution in [3.05, 3.63) is 40.7 Å². The van der Waals surface area contributed by atoms with Crippen molar-refractivity contribution in [2.75, 3.05) is 25.0 Å². The summed E-state index contributed by atoms with van der Waals surface area (Å²) in [6, 6.07) is 1.42. The van der Waals surface area contributed by atoms with E-state index >= 15 is 8.78 Å². The summed E-state index contributed by atoms with van der Waals surface area (Å²) in [6.07, 6.45) is -4.04. The number of nitrogens with one attached hydrogen (secondary N) is 1. The van der Waals surface area contributed by atoms with E-state index in [0.717, 1.165) is 11.6 Å².